The first kappa shape index (κ1) is 12.7. The predicted molar refractivity (Wildman–Crippen MR) is 70.7 cm³/mol. The number of ether oxygens (including phenoxy) is 1. The summed E-state index contributed by atoms with van der Waals surface area (Å²) in [6.45, 7) is 3.11. The van der Waals surface area contributed by atoms with Gasteiger partial charge in [-0.05, 0) is 37.2 Å². The van der Waals surface area contributed by atoms with Gasteiger partial charge in [0.2, 0.25) is 0 Å². The van der Waals surface area contributed by atoms with Crippen molar-refractivity contribution >= 4 is 11.6 Å². The Bertz CT molecular complexity index is 384. The van der Waals surface area contributed by atoms with Crippen LogP contribution < -0.4 is 10.1 Å². The first-order chi connectivity index (χ1) is 8.22. The molecule has 1 heterocycles. The molecule has 0 bridgehead atoms. The first-order valence-electron chi connectivity index (χ1n) is 5.95. The third-order valence-electron chi connectivity index (χ3n) is 3.33. The van der Waals surface area contributed by atoms with Crippen molar-refractivity contribution in [2.45, 2.75) is 19.0 Å². The third-order valence-corrected chi connectivity index (χ3v) is 3.70. The van der Waals surface area contributed by atoms with Gasteiger partial charge in [0.1, 0.15) is 5.75 Å². The lowest BCUT2D eigenvalue weighted by molar-refractivity contribution is 0.321. The minimum atomic E-state index is 0.611. The van der Waals surface area contributed by atoms with Gasteiger partial charge in [-0.3, -0.25) is 4.90 Å². The van der Waals surface area contributed by atoms with Crippen LogP contribution in [0, 0.1) is 0 Å². The second-order valence-electron chi connectivity index (χ2n) is 4.47. The topological polar surface area (TPSA) is 24.5 Å². The zero-order valence-electron chi connectivity index (χ0n) is 10.4. The molecule has 2 rings (SSSR count). The number of nitrogens with zero attached hydrogens (tertiary/aromatic N) is 1. The van der Waals surface area contributed by atoms with Crippen molar-refractivity contribution in [3.8, 4) is 5.75 Å². The Balaban J connectivity index is 2.03. The quantitative estimate of drug-likeness (QED) is 0.891. The molecule has 0 aliphatic carbocycles. The lowest BCUT2D eigenvalue weighted by Gasteiger charge is -2.17. The van der Waals surface area contributed by atoms with Crippen molar-refractivity contribution < 1.29 is 4.74 Å². The number of nitrogens with one attached hydrogen (secondary N) is 1. The van der Waals surface area contributed by atoms with Gasteiger partial charge in [-0.2, -0.15) is 0 Å². The molecule has 0 amide bonds. The van der Waals surface area contributed by atoms with E-state index in [-0.39, 0.29) is 0 Å². The highest BCUT2D eigenvalue weighted by atomic mass is 35.5. The summed E-state index contributed by atoms with van der Waals surface area (Å²) in [6.07, 6.45) is 1.21. The fourth-order valence-corrected chi connectivity index (χ4v) is 2.43. The van der Waals surface area contributed by atoms with Crippen molar-refractivity contribution in [3.05, 3.63) is 28.8 Å². The van der Waals surface area contributed by atoms with E-state index in [0.717, 1.165) is 36.0 Å². The molecule has 17 heavy (non-hydrogen) atoms. The van der Waals surface area contributed by atoms with Gasteiger partial charge in [0.05, 0.1) is 7.11 Å². The maximum atomic E-state index is 6.20. The molecule has 1 atom stereocenters. The molecule has 1 aliphatic heterocycles. The van der Waals surface area contributed by atoms with Crippen LogP contribution in [-0.4, -0.2) is 38.2 Å². The molecule has 1 fully saturated rings. The molecule has 3 nitrogen and oxygen atoms in total. The Kier molecular flexibility index (Phi) is 4.26. The van der Waals surface area contributed by atoms with E-state index in [1.807, 2.05) is 25.2 Å². The van der Waals surface area contributed by atoms with Crippen LogP contribution >= 0.6 is 11.6 Å². The van der Waals surface area contributed by atoms with Gasteiger partial charge >= 0.3 is 0 Å². The van der Waals surface area contributed by atoms with Crippen molar-refractivity contribution in [3.63, 3.8) is 0 Å². The Morgan fingerprint density at radius 1 is 1.53 bits per heavy atom. The Morgan fingerprint density at radius 3 is 3.00 bits per heavy atom. The van der Waals surface area contributed by atoms with Gasteiger partial charge in [0.25, 0.3) is 0 Å². The van der Waals surface area contributed by atoms with Gasteiger partial charge in [0, 0.05) is 30.7 Å². The highest BCUT2D eigenvalue weighted by Crippen LogP contribution is 2.24. The van der Waals surface area contributed by atoms with Crippen LogP contribution in [-0.2, 0) is 6.54 Å². The number of halogens is 1. The summed E-state index contributed by atoms with van der Waals surface area (Å²) in [7, 11) is 3.70. The predicted octanol–water partition coefficient (Wildman–Crippen LogP) is 2.14. The largest absolute Gasteiger partial charge is 0.497 e. The minimum Gasteiger partial charge on any atom is -0.497 e. The van der Waals surface area contributed by atoms with Crippen LogP contribution in [0.1, 0.15) is 12.0 Å². The zero-order chi connectivity index (χ0) is 12.3. The van der Waals surface area contributed by atoms with Crippen molar-refractivity contribution in [1.82, 2.24) is 10.2 Å². The van der Waals surface area contributed by atoms with Gasteiger partial charge < -0.3 is 10.1 Å². The summed E-state index contributed by atoms with van der Waals surface area (Å²) in [5, 5.41) is 4.14. The molecule has 4 heteroatoms. The highest BCUT2D eigenvalue weighted by Gasteiger charge is 2.21. The summed E-state index contributed by atoms with van der Waals surface area (Å²) < 4.78 is 5.23. The van der Waals surface area contributed by atoms with Crippen LogP contribution in [0.3, 0.4) is 0 Å². The van der Waals surface area contributed by atoms with E-state index in [1.165, 1.54) is 6.42 Å². The number of likely N-dealkylation sites (tertiary alicyclic amines) is 1. The summed E-state index contributed by atoms with van der Waals surface area (Å²) >= 11 is 6.20. The van der Waals surface area contributed by atoms with E-state index >= 15 is 0 Å². The molecular formula is C13H19ClN2O. The minimum absolute atomic E-state index is 0.611. The van der Waals surface area contributed by atoms with E-state index in [4.69, 9.17) is 16.3 Å². The summed E-state index contributed by atoms with van der Waals surface area (Å²) in [4.78, 5) is 2.42. The molecule has 1 saturated heterocycles. The third kappa shape index (κ3) is 3.12. The summed E-state index contributed by atoms with van der Waals surface area (Å²) in [5.41, 5.74) is 1.14. The van der Waals surface area contributed by atoms with Gasteiger partial charge in [-0.1, -0.05) is 11.6 Å². The van der Waals surface area contributed by atoms with Crippen molar-refractivity contribution in [1.29, 1.82) is 0 Å². The first-order valence-corrected chi connectivity index (χ1v) is 6.32. The van der Waals surface area contributed by atoms with E-state index in [1.54, 1.807) is 7.11 Å². The van der Waals surface area contributed by atoms with Gasteiger partial charge in [-0.15, -0.1) is 0 Å². The molecule has 0 radical (unpaired) electrons. The van der Waals surface area contributed by atoms with Crippen LogP contribution in [0.5, 0.6) is 5.75 Å². The van der Waals surface area contributed by atoms with Crippen LogP contribution in [0.25, 0.3) is 0 Å². The number of hydrogen-bond donors (Lipinski definition) is 1. The standard InChI is InChI=1S/C13H19ClN2O/c1-15-11-5-6-16(9-11)8-10-7-12(17-2)3-4-13(10)14/h3-4,7,11,15H,5-6,8-9H2,1-2H3. The molecular weight excluding hydrogens is 236 g/mol. The molecule has 1 aliphatic rings. The summed E-state index contributed by atoms with van der Waals surface area (Å²) in [5.74, 6) is 0.869. The second-order valence-corrected chi connectivity index (χ2v) is 4.87. The smallest absolute Gasteiger partial charge is 0.119 e. The van der Waals surface area contributed by atoms with E-state index in [2.05, 4.69) is 10.2 Å². The van der Waals surface area contributed by atoms with E-state index < -0.39 is 0 Å². The fourth-order valence-electron chi connectivity index (χ4n) is 2.25. The molecule has 0 spiro atoms. The maximum absolute atomic E-state index is 6.20. The lowest BCUT2D eigenvalue weighted by Crippen LogP contribution is -2.29. The Morgan fingerprint density at radius 2 is 2.35 bits per heavy atom. The number of rotatable bonds is 4. The Hall–Kier alpha value is -0.770. The van der Waals surface area contributed by atoms with E-state index in [9.17, 15) is 0 Å². The van der Waals surface area contributed by atoms with Crippen LogP contribution in [0.4, 0.5) is 0 Å². The van der Waals surface area contributed by atoms with Crippen molar-refractivity contribution in [2.75, 3.05) is 27.2 Å². The molecule has 0 aromatic heterocycles. The van der Waals surface area contributed by atoms with Crippen molar-refractivity contribution in [2.24, 2.45) is 0 Å². The molecule has 1 unspecified atom stereocenters. The number of hydrogen-bond acceptors (Lipinski definition) is 3. The molecule has 1 aromatic rings. The lowest BCUT2D eigenvalue weighted by atomic mass is 10.2. The normalized spacial score (nSPS) is 20.8. The second kappa shape index (κ2) is 5.71. The van der Waals surface area contributed by atoms with Gasteiger partial charge in [0.15, 0.2) is 0 Å². The average molecular weight is 255 g/mol. The Labute approximate surface area is 108 Å². The number of methoxy groups -OCH3 is 1. The fraction of sp³-hybridized carbons (Fsp3) is 0.538. The van der Waals surface area contributed by atoms with Crippen LogP contribution in [0.15, 0.2) is 18.2 Å². The monoisotopic (exact) mass is 254 g/mol. The molecule has 1 N–H and O–H groups in total. The molecule has 94 valence electrons. The SMILES string of the molecule is CNC1CCN(Cc2cc(OC)ccc2Cl)C1. The number of likely N-dealkylation sites (N-methyl/N-ethyl adjacent to an activating group) is 1. The maximum Gasteiger partial charge on any atom is 0.119 e. The van der Waals surface area contributed by atoms with Gasteiger partial charge in [-0.25, -0.2) is 0 Å². The molecule has 1 aromatic carbocycles. The number of benzene rings is 1. The summed E-state index contributed by atoms with van der Waals surface area (Å²) in [6, 6.07) is 6.43. The molecule has 0 saturated carbocycles. The highest BCUT2D eigenvalue weighted by molar-refractivity contribution is 6.31. The van der Waals surface area contributed by atoms with Crippen LogP contribution in [0.2, 0.25) is 5.02 Å². The van der Waals surface area contributed by atoms with E-state index in [0.29, 0.717) is 6.04 Å². The zero-order valence-corrected chi connectivity index (χ0v) is 11.1. The average Bonchev–Trinajstić information content (AvgIpc) is 2.80.